The van der Waals surface area contributed by atoms with Crippen molar-refractivity contribution >= 4 is 10.2 Å². The van der Waals surface area contributed by atoms with Crippen LogP contribution >= 0.6 is 0 Å². The summed E-state index contributed by atoms with van der Waals surface area (Å²) in [5, 5.41) is 0. The lowest BCUT2D eigenvalue weighted by molar-refractivity contribution is 0.285. The highest BCUT2D eigenvalue weighted by Crippen LogP contribution is 2.13. The van der Waals surface area contributed by atoms with Crippen molar-refractivity contribution in [3.05, 3.63) is 0 Å². The molecule has 0 aromatic carbocycles. The molecule has 0 spiro atoms. The van der Waals surface area contributed by atoms with Crippen LogP contribution in [0.15, 0.2) is 0 Å². The summed E-state index contributed by atoms with van der Waals surface area (Å²) < 4.78 is 41.1. The molecule has 19 heavy (non-hydrogen) atoms. The first-order valence-electron chi connectivity index (χ1n) is 7.19. The van der Waals surface area contributed by atoms with Gasteiger partial charge in [-0.3, -0.25) is 0 Å². The van der Waals surface area contributed by atoms with E-state index < -0.39 is 16.4 Å². The number of piperidine rings is 1. The third-order valence-corrected chi connectivity index (χ3v) is 5.42. The van der Waals surface area contributed by atoms with Crippen LogP contribution in [0.2, 0.25) is 0 Å². The van der Waals surface area contributed by atoms with Crippen LogP contribution in [0.1, 0.15) is 32.1 Å². The zero-order chi connectivity index (χ0) is 13.7. The van der Waals surface area contributed by atoms with Crippen LogP contribution in [-0.4, -0.2) is 63.1 Å². The summed E-state index contributed by atoms with van der Waals surface area (Å²) in [6.07, 6.45) is 3.66. The van der Waals surface area contributed by atoms with Gasteiger partial charge in [0.05, 0.1) is 0 Å². The van der Waals surface area contributed by atoms with E-state index in [0.717, 1.165) is 38.8 Å². The Kier molecular flexibility index (Phi) is 5.56. The normalized spacial score (nSPS) is 26.9. The van der Waals surface area contributed by atoms with Gasteiger partial charge in [-0.25, -0.2) is 9.11 Å². The van der Waals surface area contributed by atoms with E-state index in [4.69, 9.17) is 0 Å². The van der Waals surface area contributed by atoms with E-state index in [1.165, 1.54) is 4.31 Å². The summed E-state index contributed by atoms with van der Waals surface area (Å²) in [5.41, 5.74) is 0. The van der Waals surface area contributed by atoms with Gasteiger partial charge < -0.3 is 4.90 Å². The first-order valence-corrected chi connectivity index (χ1v) is 8.63. The smallest absolute Gasteiger partial charge is 0.279 e. The molecule has 0 saturated carbocycles. The standard InChI is InChI=1S/C12H24FN3O2S/c13-12-5-10-15(11-12)7-4-6-14-19(17,18)16-8-2-1-3-9-16/h12,14H,1-11H2. The molecule has 2 aliphatic rings. The number of alkyl halides is 1. The van der Waals surface area contributed by atoms with Crippen molar-refractivity contribution in [1.82, 2.24) is 13.9 Å². The highest BCUT2D eigenvalue weighted by molar-refractivity contribution is 7.87. The zero-order valence-electron chi connectivity index (χ0n) is 11.4. The minimum Gasteiger partial charge on any atom is -0.300 e. The molecule has 2 aliphatic heterocycles. The van der Waals surface area contributed by atoms with E-state index >= 15 is 0 Å². The van der Waals surface area contributed by atoms with Gasteiger partial charge in [-0.2, -0.15) is 12.7 Å². The van der Waals surface area contributed by atoms with E-state index in [9.17, 15) is 12.8 Å². The third kappa shape index (κ3) is 4.66. The van der Waals surface area contributed by atoms with Crippen molar-refractivity contribution in [2.45, 2.75) is 38.3 Å². The Hall–Kier alpha value is -0.240. The second-order valence-corrected chi connectivity index (χ2v) is 7.15. The van der Waals surface area contributed by atoms with Crippen LogP contribution in [0, 0.1) is 0 Å². The molecule has 7 heteroatoms. The Balaban J connectivity index is 1.64. The predicted octanol–water partition coefficient (Wildman–Crippen LogP) is 0.741. The quantitative estimate of drug-likeness (QED) is 0.735. The van der Waals surface area contributed by atoms with E-state index in [1.54, 1.807) is 0 Å². The Morgan fingerprint density at radius 1 is 1.16 bits per heavy atom. The average Bonchev–Trinajstić information content (AvgIpc) is 2.82. The molecule has 1 unspecified atom stereocenters. The fourth-order valence-corrected chi connectivity index (χ4v) is 4.01. The van der Waals surface area contributed by atoms with Crippen molar-refractivity contribution in [3.63, 3.8) is 0 Å². The maximum atomic E-state index is 13.0. The third-order valence-electron chi connectivity index (χ3n) is 3.81. The molecule has 1 atom stereocenters. The Labute approximate surface area is 115 Å². The highest BCUT2D eigenvalue weighted by atomic mass is 32.2. The fraction of sp³-hybridized carbons (Fsp3) is 1.00. The van der Waals surface area contributed by atoms with E-state index in [1.807, 2.05) is 0 Å². The highest BCUT2D eigenvalue weighted by Gasteiger charge is 2.24. The van der Waals surface area contributed by atoms with Gasteiger partial charge in [0, 0.05) is 32.7 Å². The van der Waals surface area contributed by atoms with Crippen LogP contribution in [0.4, 0.5) is 4.39 Å². The first-order chi connectivity index (χ1) is 9.08. The molecule has 0 aliphatic carbocycles. The molecule has 0 aromatic rings. The summed E-state index contributed by atoms with van der Waals surface area (Å²) in [5.74, 6) is 0. The van der Waals surface area contributed by atoms with Crippen molar-refractivity contribution in [1.29, 1.82) is 0 Å². The predicted molar refractivity (Wildman–Crippen MR) is 72.9 cm³/mol. The summed E-state index contributed by atoms with van der Waals surface area (Å²) in [4.78, 5) is 2.06. The monoisotopic (exact) mass is 293 g/mol. The molecule has 112 valence electrons. The molecular formula is C12H24FN3O2S. The minimum atomic E-state index is -3.30. The number of nitrogens with zero attached hydrogens (tertiary/aromatic N) is 2. The molecule has 0 radical (unpaired) electrons. The van der Waals surface area contributed by atoms with Crippen LogP contribution in [0.5, 0.6) is 0 Å². The van der Waals surface area contributed by atoms with Gasteiger partial charge in [-0.15, -0.1) is 0 Å². The molecule has 2 rings (SSSR count). The van der Waals surface area contributed by atoms with Crippen molar-refractivity contribution in [2.24, 2.45) is 0 Å². The molecule has 0 bridgehead atoms. The van der Waals surface area contributed by atoms with Crippen LogP contribution in [0.3, 0.4) is 0 Å². The number of hydrogen-bond acceptors (Lipinski definition) is 3. The maximum Gasteiger partial charge on any atom is 0.279 e. The lowest BCUT2D eigenvalue weighted by atomic mass is 10.2. The van der Waals surface area contributed by atoms with Crippen LogP contribution in [0.25, 0.3) is 0 Å². The molecule has 0 aromatic heterocycles. The largest absolute Gasteiger partial charge is 0.300 e. The van der Waals surface area contributed by atoms with Crippen molar-refractivity contribution in [3.8, 4) is 0 Å². The number of hydrogen-bond donors (Lipinski definition) is 1. The topological polar surface area (TPSA) is 52.7 Å². The first kappa shape index (κ1) is 15.2. The van der Waals surface area contributed by atoms with E-state index in [0.29, 0.717) is 32.6 Å². The zero-order valence-corrected chi connectivity index (χ0v) is 12.2. The van der Waals surface area contributed by atoms with Crippen LogP contribution in [-0.2, 0) is 10.2 Å². The van der Waals surface area contributed by atoms with Gasteiger partial charge in [0.1, 0.15) is 6.17 Å². The summed E-state index contributed by atoms with van der Waals surface area (Å²) >= 11 is 0. The second kappa shape index (κ2) is 6.97. The molecule has 2 fully saturated rings. The lowest BCUT2D eigenvalue weighted by Gasteiger charge is -2.26. The number of likely N-dealkylation sites (tertiary alicyclic amines) is 1. The molecule has 1 N–H and O–H groups in total. The summed E-state index contributed by atoms with van der Waals surface area (Å²) in [6, 6.07) is 0. The van der Waals surface area contributed by atoms with Crippen LogP contribution < -0.4 is 4.72 Å². The van der Waals surface area contributed by atoms with Gasteiger partial charge in [-0.1, -0.05) is 6.42 Å². The number of rotatable bonds is 6. The Morgan fingerprint density at radius 2 is 1.89 bits per heavy atom. The van der Waals surface area contributed by atoms with Gasteiger partial charge in [0.2, 0.25) is 0 Å². The van der Waals surface area contributed by atoms with Crippen molar-refractivity contribution < 1.29 is 12.8 Å². The van der Waals surface area contributed by atoms with Gasteiger partial charge in [0.15, 0.2) is 0 Å². The second-order valence-electron chi connectivity index (χ2n) is 5.40. The Morgan fingerprint density at radius 3 is 2.53 bits per heavy atom. The van der Waals surface area contributed by atoms with Crippen molar-refractivity contribution in [2.75, 3.05) is 39.3 Å². The van der Waals surface area contributed by atoms with Gasteiger partial charge in [-0.05, 0) is 32.2 Å². The SMILES string of the molecule is O=S(=O)(NCCCN1CCC(F)C1)N1CCCCC1. The maximum absolute atomic E-state index is 13.0. The summed E-state index contributed by atoms with van der Waals surface area (Å²) in [7, 11) is -3.30. The lowest BCUT2D eigenvalue weighted by Crippen LogP contribution is -2.44. The summed E-state index contributed by atoms with van der Waals surface area (Å²) in [6.45, 7) is 3.75. The molecular weight excluding hydrogens is 269 g/mol. The average molecular weight is 293 g/mol. The molecule has 0 amide bonds. The molecule has 2 saturated heterocycles. The fourth-order valence-electron chi connectivity index (χ4n) is 2.69. The molecule has 5 nitrogen and oxygen atoms in total. The Bertz CT molecular complexity index is 371. The van der Waals surface area contributed by atoms with Gasteiger partial charge in [0.25, 0.3) is 10.2 Å². The van der Waals surface area contributed by atoms with E-state index in [-0.39, 0.29) is 0 Å². The van der Waals surface area contributed by atoms with E-state index in [2.05, 4.69) is 9.62 Å². The van der Waals surface area contributed by atoms with Gasteiger partial charge >= 0.3 is 0 Å². The minimum absolute atomic E-state index is 0.437. The number of nitrogens with one attached hydrogen (secondary N) is 1. The molecule has 2 heterocycles. The number of halogens is 1.